The molecule has 0 spiro atoms. The van der Waals surface area contributed by atoms with Crippen molar-refractivity contribution in [2.45, 2.75) is 6.04 Å². The summed E-state index contributed by atoms with van der Waals surface area (Å²) in [5.74, 6) is 1.09. The number of urea groups is 1. The monoisotopic (exact) mass is 398 g/mol. The molecule has 3 rings (SSSR count). The molecule has 1 heterocycles. The van der Waals surface area contributed by atoms with Crippen LogP contribution in [0.1, 0.15) is 11.6 Å². The molecule has 1 unspecified atom stereocenters. The van der Waals surface area contributed by atoms with E-state index in [0.29, 0.717) is 32.7 Å². The van der Waals surface area contributed by atoms with Crippen molar-refractivity contribution >= 4 is 11.7 Å². The lowest BCUT2D eigenvalue weighted by atomic mass is 10.0. The van der Waals surface area contributed by atoms with Crippen molar-refractivity contribution < 1.29 is 14.6 Å². The van der Waals surface area contributed by atoms with E-state index in [2.05, 4.69) is 15.1 Å². The fourth-order valence-electron chi connectivity index (χ4n) is 3.69. The fourth-order valence-corrected chi connectivity index (χ4v) is 3.69. The van der Waals surface area contributed by atoms with Gasteiger partial charge in [-0.2, -0.15) is 0 Å². The number of hydrogen-bond donors (Lipinski definition) is 2. The van der Waals surface area contributed by atoms with E-state index in [9.17, 15) is 9.90 Å². The normalized spacial score (nSPS) is 15.3. The number of piperazine rings is 1. The molecule has 1 aliphatic rings. The number of benzene rings is 2. The number of hydrogen-bond acceptors (Lipinski definition) is 5. The number of carbonyl (C=O) groups is 1. The summed E-state index contributed by atoms with van der Waals surface area (Å²) < 4.78 is 5.49. The van der Waals surface area contributed by atoms with E-state index in [-0.39, 0.29) is 17.8 Å². The number of nitrogens with zero attached hydrogens (tertiary/aromatic N) is 3. The van der Waals surface area contributed by atoms with Crippen molar-refractivity contribution in [3.63, 3.8) is 0 Å². The molecule has 0 radical (unpaired) electrons. The van der Waals surface area contributed by atoms with E-state index in [4.69, 9.17) is 4.74 Å². The average Bonchev–Trinajstić information content (AvgIpc) is 2.74. The second kappa shape index (κ2) is 9.52. The Labute approximate surface area is 172 Å². The molecule has 156 valence electrons. The molecule has 2 aromatic carbocycles. The summed E-state index contributed by atoms with van der Waals surface area (Å²) in [6.45, 7) is 3.10. The van der Waals surface area contributed by atoms with E-state index in [1.54, 1.807) is 13.2 Å². The summed E-state index contributed by atoms with van der Waals surface area (Å²) >= 11 is 0. The topological polar surface area (TPSA) is 68.3 Å². The molecule has 7 heteroatoms. The van der Waals surface area contributed by atoms with Crippen molar-refractivity contribution in [3.05, 3.63) is 54.1 Å². The van der Waals surface area contributed by atoms with Crippen molar-refractivity contribution in [2.75, 3.05) is 58.8 Å². The lowest BCUT2D eigenvalue weighted by Gasteiger charge is -2.36. The highest BCUT2D eigenvalue weighted by atomic mass is 16.5. The molecule has 1 fully saturated rings. The lowest BCUT2D eigenvalue weighted by Crippen LogP contribution is -2.52. The minimum Gasteiger partial charge on any atom is -0.506 e. The molecule has 1 aliphatic heterocycles. The van der Waals surface area contributed by atoms with Crippen molar-refractivity contribution in [3.8, 4) is 11.5 Å². The Hall–Kier alpha value is -2.93. The quantitative estimate of drug-likeness (QED) is 0.783. The number of anilines is 1. The van der Waals surface area contributed by atoms with Gasteiger partial charge in [-0.15, -0.1) is 0 Å². The molecule has 1 saturated heterocycles. The Morgan fingerprint density at radius 2 is 1.76 bits per heavy atom. The van der Waals surface area contributed by atoms with E-state index in [0.717, 1.165) is 17.0 Å². The van der Waals surface area contributed by atoms with Gasteiger partial charge in [0.15, 0.2) is 0 Å². The van der Waals surface area contributed by atoms with Crippen LogP contribution in [0.15, 0.2) is 48.5 Å². The molecule has 29 heavy (non-hydrogen) atoms. The van der Waals surface area contributed by atoms with Gasteiger partial charge in [-0.3, -0.25) is 0 Å². The van der Waals surface area contributed by atoms with Crippen LogP contribution in [0, 0.1) is 0 Å². The van der Waals surface area contributed by atoms with E-state index in [1.165, 1.54) is 0 Å². The van der Waals surface area contributed by atoms with Crippen LogP contribution in [0.25, 0.3) is 0 Å². The van der Waals surface area contributed by atoms with Crippen molar-refractivity contribution in [1.29, 1.82) is 0 Å². The number of methoxy groups -OCH3 is 1. The summed E-state index contributed by atoms with van der Waals surface area (Å²) in [5.41, 5.74) is 1.86. The second-order valence-electron chi connectivity index (χ2n) is 7.37. The number of likely N-dealkylation sites (N-methyl/N-ethyl adjacent to an activating group) is 1. The predicted molar refractivity (Wildman–Crippen MR) is 115 cm³/mol. The maximum Gasteiger partial charge on any atom is 0.317 e. The SMILES string of the molecule is COc1ccccc1C(CNC(=O)N1CCN(c2ccccc2O)CC1)N(C)C. The summed E-state index contributed by atoms with van der Waals surface area (Å²) in [5, 5.41) is 13.1. The second-order valence-corrected chi connectivity index (χ2v) is 7.37. The van der Waals surface area contributed by atoms with Crippen LogP contribution in [0.2, 0.25) is 0 Å². The number of ether oxygens (including phenoxy) is 1. The van der Waals surface area contributed by atoms with E-state index < -0.39 is 0 Å². The Balaban J connectivity index is 1.57. The summed E-state index contributed by atoms with van der Waals surface area (Å²) in [4.78, 5) is 18.7. The molecule has 0 aromatic heterocycles. The van der Waals surface area contributed by atoms with Crippen LogP contribution < -0.4 is 15.0 Å². The van der Waals surface area contributed by atoms with Gasteiger partial charge in [-0.25, -0.2) is 4.79 Å². The van der Waals surface area contributed by atoms with Gasteiger partial charge < -0.3 is 29.9 Å². The molecular formula is C22H30N4O3. The maximum absolute atomic E-state index is 12.7. The zero-order valence-electron chi connectivity index (χ0n) is 17.3. The number of aromatic hydroxyl groups is 1. The summed E-state index contributed by atoms with van der Waals surface area (Å²) in [7, 11) is 5.65. The molecule has 2 amide bonds. The Kier molecular flexibility index (Phi) is 6.82. The molecule has 0 bridgehead atoms. The molecule has 7 nitrogen and oxygen atoms in total. The van der Waals surface area contributed by atoms with E-state index >= 15 is 0 Å². The predicted octanol–water partition coefficient (Wildman–Crippen LogP) is 2.54. The number of amides is 2. The van der Waals surface area contributed by atoms with Gasteiger partial charge in [0.05, 0.1) is 18.8 Å². The third-order valence-electron chi connectivity index (χ3n) is 5.36. The molecule has 0 saturated carbocycles. The Morgan fingerprint density at radius 3 is 2.41 bits per heavy atom. The minimum atomic E-state index is -0.0660. The first kappa shape index (κ1) is 20.8. The Bertz CT molecular complexity index is 819. The van der Waals surface area contributed by atoms with Crippen LogP contribution in [-0.2, 0) is 0 Å². The first-order valence-electron chi connectivity index (χ1n) is 9.86. The van der Waals surface area contributed by atoms with Gasteiger partial charge in [0.25, 0.3) is 0 Å². The van der Waals surface area contributed by atoms with Crippen LogP contribution in [0.3, 0.4) is 0 Å². The van der Waals surface area contributed by atoms with Gasteiger partial charge in [0.1, 0.15) is 11.5 Å². The standard InChI is InChI=1S/C22H30N4O3/c1-24(2)19(17-8-4-7-11-21(17)29-3)16-23-22(28)26-14-12-25(13-15-26)18-9-5-6-10-20(18)27/h4-11,19,27H,12-16H2,1-3H3,(H,23,28). The number of rotatable bonds is 6. The molecule has 1 atom stereocenters. The van der Waals surface area contributed by atoms with Gasteiger partial charge in [0.2, 0.25) is 0 Å². The van der Waals surface area contributed by atoms with Crippen LogP contribution in [0.5, 0.6) is 11.5 Å². The minimum absolute atomic E-state index is 0.0117. The number of para-hydroxylation sites is 3. The van der Waals surface area contributed by atoms with Gasteiger partial charge >= 0.3 is 6.03 Å². The first-order chi connectivity index (χ1) is 14.0. The number of carbonyl (C=O) groups excluding carboxylic acids is 1. The largest absolute Gasteiger partial charge is 0.506 e. The Morgan fingerprint density at radius 1 is 1.10 bits per heavy atom. The van der Waals surface area contributed by atoms with Crippen molar-refractivity contribution in [1.82, 2.24) is 15.1 Å². The van der Waals surface area contributed by atoms with Gasteiger partial charge in [-0.1, -0.05) is 30.3 Å². The smallest absolute Gasteiger partial charge is 0.317 e. The third kappa shape index (κ3) is 4.92. The van der Waals surface area contributed by atoms with Gasteiger partial charge in [0, 0.05) is 38.3 Å². The highest BCUT2D eigenvalue weighted by Gasteiger charge is 2.24. The third-order valence-corrected chi connectivity index (χ3v) is 5.36. The van der Waals surface area contributed by atoms with Crippen LogP contribution >= 0.6 is 0 Å². The van der Waals surface area contributed by atoms with Crippen molar-refractivity contribution in [2.24, 2.45) is 0 Å². The maximum atomic E-state index is 12.7. The highest BCUT2D eigenvalue weighted by Crippen LogP contribution is 2.28. The lowest BCUT2D eigenvalue weighted by molar-refractivity contribution is 0.188. The molecule has 2 N–H and O–H groups in total. The number of nitrogens with one attached hydrogen (secondary N) is 1. The van der Waals surface area contributed by atoms with Crippen LogP contribution in [0.4, 0.5) is 10.5 Å². The van der Waals surface area contributed by atoms with E-state index in [1.807, 2.05) is 61.5 Å². The summed E-state index contributed by atoms with van der Waals surface area (Å²) in [6.07, 6.45) is 0. The highest BCUT2D eigenvalue weighted by molar-refractivity contribution is 5.74. The average molecular weight is 399 g/mol. The summed E-state index contributed by atoms with van der Waals surface area (Å²) in [6, 6.07) is 15.1. The van der Waals surface area contributed by atoms with Crippen LogP contribution in [-0.4, -0.2) is 74.9 Å². The molecular weight excluding hydrogens is 368 g/mol. The fraction of sp³-hybridized carbons (Fsp3) is 0.409. The number of phenols is 1. The molecule has 2 aromatic rings. The number of phenolic OH excluding ortho intramolecular Hbond substituents is 1. The van der Waals surface area contributed by atoms with Gasteiger partial charge in [-0.05, 0) is 32.3 Å². The molecule has 0 aliphatic carbocycles. The first-order valence-corrected chi connectivity index (χ1v) is 9.86. The zero-order valence-corrected chi connectivity index (χ0v) is 17.3. The zero-order chi connectivity index (χ0) is 20.8.